The number of likely N-dealkylation sites (N-methyl/N-ethyl adjacent to an activating group) is 1. The Bertz CT molecular complexity index is 795. The summed E-state index contributed by atoms with van der Waals surface area (Å²) in [5.74, 6) is -0.143. The van der Waals surface area contributed by atoms with E-state index in [0.29, 0.717) is 19.5 Å². The molecular weight excluding hydrogens is 350 g/mol. The molecule has 2 amide bonds. The third-order valence-corrected chi connectivity index (χ3v) is 5.57. The molecule has 0 fully saturated rings. The van der Waals surface area contributed by atoms with Crippen LogP contribution in [0, 0.1) is 0 Å². The Labute approximate surface area is 167 Å². The second kappa shape index (κ2) is 9.02. The lowest BCUT2D eigenvalue weighted by molar-refractivity contribution is -0.122. The monoisotopic (exact) mass is 379 g/mol. The van der Waals surface area contributed by atoms with Gasteiger partial charge in [0.15, 0.2) is 0 Å². The zero-order valence-corrected chi connectivity index (χ0v) is 16.7. The molecule has 3 rings (SSSR count). The third kappa shape index (κ3) is 4.98. The summed E-state index contributed by atoms with van der Waals surface area (Å²) in [6.07, 6.45) is 2.13. The highest BCUT2D eigenvalue weighted by Gasteiger charge is 2.40. The van der Waals surface area contributed by atoms with Crippen LogP contribution in [0.3, 0.4) is 0 Å². The number of rotatable bonds is 8. The van der Waals surface area contributed by atoms with Crippen LogP contribution in [0.15, 0.2) is 54.6 Å². The summed E-state index contributed by atoms with van der Waals surface area (Å²) in [6, 6.07) is 19.0. The lowest BCUT2D eigenvalue weighted by atomic mass is 9.92. The molecule has 0 saturated heterocycles. The van der Waals surface area contributed by atoms with Crippen LogP contribution in [0.1, 0.15) is 30.0 Å². The molecule has 0 bridgehead atoms. The minimum absolute atomic E-state index is 0.0304. The zero-order chi connectivity index (χ0) is 20.0. The van der Waals surface area contributed by atoms with Gasteiger partial charge in [-0.2, -0.15) is 0 Å². The van der Waals surface area contributed by atoms with Crippen LogP contribution in [0.2, 0.25) is 0 Å². The van der Waals surface area contributed by atoms with Crippen molar-refractivity contribution in [2.45, 2.75) is 38.3 Å². The summed E-state index contributed by atoms with van der Waals surface area (Å²) in [6.45, 7) is 3.25. The van der Waals surface area contributed by atoms with Gasteiger partial charge in [-0.25, -0.2) is 0 Å². The maximum Gasteiger partial charge on any atom is 0.221 e. The quantitative estimate of drug-likeness (QED) is 0.740. The predicted octanol–water partition coefficient (Wildman–Crippen LogP) is 2.30. The van der Waals surface area contributed by atoms with E-state index in [-0.39, 0.29) is 17.4 Å². The van der Waals surface area contributed by atoms with E-state index in [0.717, 1.165) is 19.4 Å². The number of amides is 2. The molecule has 5 nitrogen and oxygen atoms in total. The lowest BCUT2D eigenvalue weighted by Gasteiger charge is -2.39. The molecule has 0 unspecified atom stereocenters. The molecule has 2 aromatic carbocycles. The summed E-state index contributed by atoms with van der Waals surface area (Å²) in [5, 5.41) is 5.78. The number of hydrogen-bond donors (Lipinski definition) is 2. The first kappa shape index (κ1) is 20.1. The van der Waals surface area contributed by atoms with E-state index < -0.39 is 0 Å². The van der Waals surface area contributed by atoms with Gasteiger partial charge >= 0.3 is 0 Å². The number of hydrogen-bond acceptors (Lipinski definition) is 3. The molecule has 0 saturated carbocycles. The fourth-order valence-corrected chi connectivity index (χ4v) is 3.93. The molecule has 148 valence electrons. The van der Waals surface area contributed by atoms with Gasteiger partial charge in [-0.1, -0.05) is 54.6 Å². The number of nitrogens with one attached hydrogen (secondary N) is 2. The predicted molar refractivity (Wildman–Crippen MR) is 111 cm³/mol. The van der Waals surface area contributed by atoms with Crippen LogP contribution in [-0.2, 0) is 29.0 Å². The fraction of sp³-hybridized carbons (Fsp3) is 0.391. The minimum atomic E-state index is -0.150. The van der Waals surface area contributed by atoms with E-state index in [1.807, 2.05) is 6.07 Å². The topological polar surface area (TPSA) is 61.4 Å². The number of carbonyl (C=O) groups is 2. The van der Waals surface area contributed by atoms with E-state index in [4.69, 9.17) is 0 Å². The Morgan fingerprint density at radius 3 is 2.18 bits per heavy atom. The van der Waals surface area contributed by atoms with E-state index >= 15 is 0 Å². The van der Waals surface area contributed by atoms with Gasteiger partial charge in [0.05, 0.1) is 0 Å². The highest BCUT2D eigenvalue weighted by molar-refractivity contribution is 5.78. The Morgan fingerprint density at radius 2 is 1.57 bits per heavy atom. The molecule has 2 N–H and O–H groups in total. The van der Waals surface area contributed by atoms with Crippen LogP contribution in [0.4, 0.5) is 0 Å². The van der Waals surface area contributed by atoms with Crippen molar-refractivity contribution in [1.82, 2.24) is 15.5 Å². The fourth-order valence-electron chi connectivity index (χ4n) is 3.93. The van der Waals surface area contributed by atoms with Gasteiger partial charge in [0.1, 0.15) is 0 Å². The van der Waals surface area contributed by atoms with Crippen molar-refractivity contribution in [2.75, 3.05) is 20.1 Å². The summed E-state index contributed by atoms with van der Waals surface area (Å²) in [7, 11) is 2.14. The Balaban J connectivity index is 1.69. The SMILES string of the molecule is CC(=O)NCCC(=O)NCC1(N(C)Cc2ccccc2)Cc2ccccc2C1. The van der Waals surface area contributed by atoms with E-state index in [1.165, 1.54) is 23.6 Å². The largest absolute Gasteiger partial charge is 0.356 e. The average molecular weight is 380 g/mol. The molecule has 0 atom stereocenters. The minimum Gasteiger partial charge on any atom is -0.356 e. The Kier molecular flexibility index (Phi) is 6.47. The standard InChI is InChI=1S/C23H29N3O2/c1-18(27)24-13-12-22(28)25-17-23(14-20-10-6-7-11-21(20)15-23)26(2)16-19-8-4-3-5-9-19/h3-11H,12-17H2,1-2H3,(H,24,27)(H,25,28). The highest BCUT2D eigenvalue weighted by Crippen LogP contribution is 2.34. The molecule has 0 heterocycles. The maximum absolute atomic E-state index is 12.3. The first-order valence-electron chi connectivity index (χ1n) is 9.82. The van der Waals surface area contributed by atoms with Gasteiger partial charge in [-0.15, -0.1) is 0 Å². The van der Waals surface area contributed by atoms with Crippen molar-refractivity contribution in [3.05, 3.63) is 71.3 Å². The van der Waals surface area contributed by atoms with Gasteiger partial charge in [-0.05, 0) is 36.6 Å². The second-order valence-corrected chi connectivity index (χ2v) is 7.70. The summed E-state index contributed by atoms with van der Waals surface area (Å²) in [5.41, 5.74) is 3.82. The molecular formula is C23H29N3O2. The maximum atomic E-state index is 12.3. The van der Waals surface area contributed by atoms with E-state index in [2.05, 4.69) is 71.1 Å². The van der Waals surface area contributed by atoms with Crippen molar-refractivity contribution in [3.8, 4) is 0 Å². The molecule has 0 aliphatic heterocycles. The van der Waals surface area contributed by atoms with Crippen molar-refractivity contribution >= 4 is 11.8 Å². The number of benzene rings is 2. The van der Waals surface area contributed by atoms with Crippen LogP contribution in [0.25, 0.3) is 0 Å². The van der Waals surface area contributed by atoms with Crippen molar-refractivity contribution < 1.29 is 9.59 Å². The van der Waals surface area contributed by atoms with Crippen LogP contribution in [-0.4, -0.2) is 42.4 Å². The zero-order valence-electron chi connectivity index (χ0n) is 16.7. The summed E-state index contributed by atoms with van der Waals surface area (Å²) >= 11 is 0. The van der Waals surface area contributed by atoms with Crippen molar-refractivity contribution in [2.24, 2.45) is 0 Å². The molecule has 0 radical (unpaired) electrons. The molecule has 0 aromatic heterocycles. The first-order chi connectivity index (χ1) is 13.5. The van der Waals surface area contributed by atoms with E-state index in [1.54, 1.807) is 0 Å². The smallest absolute Gasteiger partial charge is 0.221 e. The Morgan fingerprint density at radius 1 is 0.964 bits per heavy atom. The van der Waals surface area contributed by atoms with Gasteiger partial charge in [0.25, 0.3) is 0 Å². The molecule has 2 aromatic rings. The Hall–Kier alpha value is -2.66. The van der Waals surface area contributed by atoms with Gasteiger partial charge in [0, 0.05) is 38.5 Å². The first-order valence-corrected chi connectivity index (χ1v) is 9.82. The highest BCUT2D eigenvalue weighted by atomic mass is 16.2. The van der Waals surface area contributed by atoms with Gasteiger partial charge < -0.3 is 10.6 Å². The summed E-state index contributed by atoms with van der Waals surface area (Å²) in [4.78, 5) is 25.7. The number of nitrogens with zero attached hydrogens (tertiary/aromatic N) is 1. The molecule has 0 spiro atoms. The second-order valence-electron chi connectivity index (χ2n) is 7.70. The number of carbonyl (C=O) groups excluding carboxylic acids is 2. The van der Waals surface area contributed by atoms with E-state index in [9.17, 15) is 9.59 Å². The summed E-state index contributed by atoms with van der Waals surface area (Å²) < 4.78 is 0. The van der Waals surface area contributed by atoms with Crippen LogP contribution < -0.4 is 10.6 Å². The average Bonchev–Trinajstić information content (AvgIpc) is 3.07. The molecule has 1 aliphatic carbocycles. The molecule has 5 heteroatoms. The molecule has 1 aliphatic rings. The van der Waals surface area contributed by atoms with Crippen molar-refractivity contribution in [3.63, 3.8) is 0 Å². The number of fused-ring (bicyclic) bond motifs is 1. The van der Waals surface area contributed by atoms with Crippen LogP contribution >= 0.6 is 0 Å². The van der Waals surface area contributed by atoms with Crippen LogP contribution in [0.5, 0.6) is 0 Å². The molecule has 28 heavy (non-hydrogen) atoms. The lowest BCUT2D eigenvalue weighted by Crippen LogP contribution is -2.55. The third-order valence-electron chi connectivity index (χ3n) is 5.57. The van der Waals surface area contributed by atoms with Gasteiger partial charge in [-0.3, -0.25) is 14.5 Å². The van der Waals surface area contributed by atoms with Gasteiger partial charge in [0.2, 0.25) is 11.8 Å². The van der Waals surface area contributed by atoms with Crippen molar-refractivity contribution in [1.29, 1.82) is 0 Å². The normalized spacial score (nSPS) is 14.5.